The van der Waals surface area contributed by atoms with Gasteiger partial charge in [0.15, 0.2) is 0 Å². The van der Waals surface area contributed by atoms with E-state index in [1.807, 2.05) is 6.26 Å². The van der Waals surface area contributed by atoms with Crippen molar-refractivity contribution in [3.63, 3.8) is 0 Å². The molecule has 2 heterocycles. The van der Waals surface area contributed by atoms with E-state index in [0.717, 1.165) is 38.0 Å². The lowest BCUT2D eigenvalue weighted by Crippen LogP contribution is -2.25. The highest BCUT2D eigenvalue weighted by Gasteiger charge is 2.29. The van der Waals surface area contributed by atoms with Gasteiger partial charge < -0.3 is 9.73 Å². The highest BCUT2D eigenvalue weighted by Crippen LogP contribution is 2.30. The van der Waals surface area contributed by atoms with Crippen LogP contribution in [0.4, 0.5) is 0 Å². The van der Waals surface area contributed by atoms with Crippen molar-refractivity contribution in [2.75, 3.05) is 6.54 Å². The summed E-state index contributed by atoms with van der Waals surface area (Å²) in [4.78, 5) is 2.59. The SMILES string of the molecule is CCNCc1occc1CN(Cc1ccsc1)C1CC1. The van der Waals surface area contributed by atoms with E-state index in [2.05, 4.69) is 40.0 Å². The molecule has 1 fully saturated rings. The predicted octanol–water partition coefficient (Wildman–Crippen LogP) is 3.62. The number of furan rings is 1. The molecule has 1 saturated carbocycles. The van der Waals surface area contributed by atoms with Crippen LogP contribution in [0.3, 0.4) is 0 Å². The van der Waals surface area contributed by atoms with E-state index in [-0.39, 0.29) is 0 Å². The van der Waals surface area contributed by atoms with E-state index >= 15 is 0 Å². The van der Waals surface area contributed by atoms with Gasteiger partial charge in [-0.3, -0.25) is 4.90 Å². The molecule has 3 nitrogen and oxygen atoms in total. The summed E-state index contributed by atoms with van der Waals surface area (Å²) in [7, 11) is 0. The molecular formula is C16H22N2OS. The molecule has 0 spiro atoms. The number of hydrogen-bond acceptors (Lipinski definition) is 4. The minimum absolute atomic E-state index is 0.761. The van der Waals surface area contributed by atoms with E-state index in [4.69, 9.17) is 4.42 Å². The minimum atomic E-state index is 0.761. The smallest absolute Gasteiger partial charge is 0.122 e. The van der Waals surface area contributed by atoms with E-state index in [9.17, 15) is 0 Å². The van der Waals surface area contributed by atoms with Crippen molar-refractivity contribution in [2.45, 2.75) is 45.4 Å². The second-order valence-corrected chi connectivity index (χ2v) is 6.20. The normalized spacial score (nSPS) is 15.1. The zero-order valence-electron chi connectivity index (χ0n) is 12.0. The lowest BCUT2D eigenvalue weighted by atomic mass is 10.2. The number of thiophene rings is 1. The Morgan fingerprint density at radius 1 is 1.35 bits per heavy atom. The number of nitrogens with zero attached hydrogens (tertiary/aromatic N) is 1. The maximum absolute atomic E-state index is 5.62. The maximum atomic E-state index is 5.62. The van der Waals surface area contributed by atoms with Crippen LogP contribution in [0.5, 0.6) is 0 Å². The third-order valence-electron chi connectivity index (χ3n) is 3.78. The Balaban J connectivity index is 1.65. The molecule has 20 heavy (non-hydrogen) atoms. The van der Waals surface area contributed by atoms with Gasteiger partial charge in [-0.05, 0) is 47.8 Å². The van der Waals surface area contributed by atoms with Crippen LogP contribution in [0.2, 0.25) is 0 Å². The summed E-state index contributed by atoms with van der Waals surface area (Å²) in [5, 5.41) is 7.76. The third-order valence-corrected chi connectivity index (χ3v) is 4.51. The largest absolute Gasteiger partial charge is 0.468 e. The highest BCUT2D eigenvalue weighted by atomic mass is 32.1. The molecule has 0 aliphatic heterocycles. The average molecular weight is 290 g/mol. The van der Waals surface area contributed by atoms with Gasteiger partial charge in [-0.1, -0.05) is 6.92 Å². The third kappa shape index (κ3) is 3.51. The first-order valence-corrected chi connectivity index (χ1v) is 8.32. The first kappa shape index (κ1) is 13.9. The Labute approximate surface area is 124 Å². The lowest BCUT2D eigenvalue weighted by Gasteiger charge is -2.21. The van der Waals surface area contributed by atoms with Crippen molar-refractivity contribution in [2.24, 2.45) is 0 Å². The van der Waals surface area contributed by atoms with Crippen molar-refractivity contribution < 1.29 is 4.42 Å². The summed E-state index contributed by atoms with van der Waals surface area (Å²) in [6, 6.07) is 5.11. The van der Waals surface area contributed by atoms with E-state index < -0.39 is 0 Å². The molecule has 0 radical (unpaired) electrons. The molecule has 0 aromatic carbocycles. The monoisotopic (exact) mass is 290 g/mol. The fraction of sp³-hybridized carbons (Fsp3) is 0.500. The fourth-order valence-electron chi connectivity index (χ4n) is 2.49. The molecule has 1 N–H and O–H groups in total. The van der Waals surface area contributed by atoms with Gasteiger partial charge in [0.1, 0.15) is 5.76 Å². The molecule has 0 unspecified atom stereocenters. The van der Waals surface area contributed by atoms with Crippen LogP contribution < -0.4 is 5.32 Å². The van der Waals surface area contributed by atoms with Crippen LogP contribution >= 0.6 is 11.3 Å². The molecule has 2 aromatic heterocycles. The van der Waals surface area contributed by atoms with Gasteiger partial charge in [0.2, 0.25) is 0 Å². The quantitative estimate of drug-likeness (QED) is 0.805. The summed E-state index contributed by atoms with van der Waals surface area (Å²) in [6.45, 7) is 5.98. The van der Waals surface area contributed by atoms with Gasteiger partial charge in [-0.25, -0.2) is 0 Å². The van der Waals surface area contributed by atoms with Crippen molar-refractivity contribution in [3.8, 4) is 0 Å². The molecule has 2 aromatic rings. The van der Waals surface area contributed by atoms with Crippen LogP contribution in [0.25, 0.3) is 0 Å². The predicted molar refractivity (Wildman–Crippen MR) is 82.7 cm³/mol. The number of hydrogen-bond donors (Lipinski definition) is 1. The Bertz CT molecular complexity index is 516. The molecule has 0 amide bonds. The van der Waals surface area contributed by atoms with Crippen molar-refractivity contribution in [3.05, 3.63) is 46.0 Å². The zero-order valence-corrected chi connectivity index (χ0v) is 12.8. The number of nitrogens with one attached hydrogen (secondary N) is 1. The van der Waals surface area contributed by atoms with E-state index in [1.165, 1.54) is 24.0 Å². The van der Waals surface area contributed by atoms with Crippen molar-refractivity contribution >= 4 is 11.3 Å². The van der Waals surface area contributed by atoms with Gasteiger partial charge in [0.25, 0.3) is 0 Å². The zero-order chi connectivity index (χ0) is 13.8. The second-order valence-electron chi connectivity index (χ2n) is 5.42. The van der Waals surface area contributed by atoms with Gasteiger partial charge in [0, 0.05) is 24.7 Å². The standard InChI is InChI=1S/C16H22N2OS/c1-2-17-9-16-14(5-7-19-16)11-18(15-3-4-15)10-13-6-8-20-12-13/h5-8,12,15,17H,2-4,9-11H2,1H3. The lowest BCUT2D eigenvalue weighted by molar-refractivity contribution is 0.244. The van der Waals surface area contributed by atoms with Crippen LogP contribution in [0, 0.1) is 0 Å². The van der Waals surface area contributed by atoms with Crippen LogP contribution in [-0.4, -0.2) is 17.5 Å². The molecule has 108 valence electrons. The average Bonchev–Trinajstić information content (AvgIpc) is 3.00. The second kappa shape index (κ2) is 6.57. The topological polar surface area (TPSA) is 28.4 Å². The summed E-state index contributed by atoms with van der Waals surface area (Å²) in [5.41, 5.74) is 2.76. The molecule has 3 rings (SSSR count). The highest BCUT2D eigenvalue weighted by molar-refractivity contribution is 7.07. The molecule has 1 aliphatic carbocycles. The summed E-state index contributed by atoms with van der Waals surface area (Å²) >= 11 is 1.78. The Morgan fingerprint density at radius 2 is 2.25 bits per heavy atom. The van der Waals surface area contributed by atoms with Crippen molar-refractivity contribution in [1.29, 1.82) is 0 Å². The van der Waals surface area contributed by atoms with Gasteiger partial charge in [0.05, 0.1) is 12.8 Å². The Hall–Kier alpha value is -1.10. The van der Waals surface area contributed by atoms with E-state index in [0.29, 0.717) is 0 Å². The molecule has 0 atom stereocenters. The minimum Gasteiger partial charge on any atom is -0.468 e. The molecular weight excluding hydrogens is 268 g/mol. The van der Waals surface area contributed by atoms with Gasteiger partial charge in [-0.2, -0.15) is 11.3 Å². The summed E-state index contributed by atoms with van der Waals surface area (Å²) in [6.07, 6.45) is 4.49. The van der Waals surface area contributed by atoms with Gasteiger partial charge >= 0.3 is 0 Å². The molecule has 4 heteroatoms. The first-order valence-electron chi connectivity index (χ1n) is 7.38. The Kier molecular flexibility index (Phi) is 4.55. The van der Waals surface area contributed by atoms with Crippen molar-refractivity contribution in [1.82, 2.24) is 10.2 Å². The van der Waals surface area contributed by atoms with Gasteiger partial charge in [-0.15, -0.1) is 0 Å². The summed E-state index contributed by atoms with van der Waals surface area (Å²) in [5.74, 6) is 1.09. The molecule has 1 aliphatic rings. The van der Waals surface area contributed by atoms with Crippen LogP contribution in [0.1, 0.15) is 36.7 Å². The van der Waals surface area contributed by atoms with E-state index in [1.54, 1.807) is 11.3 Å². The molecule has 0 saturated heterocycles. The molecule has 0 bridgehead atoms. The first-order chi connectivity index (χ1) is 9.86. The Morgan fingerprint density at radius 3 is 2.95 bits per heavy atom. The number of rotatable bonds is 8. The van der Waals surface area contributed by atoms with Crippen LogP contribution in [0.15, 0.2) is 33.6 Å². The fourth-order valence-corrected chi connectivity index (χ4v) is 3.15. The van der Waals surface area contributed by atoms with Crippen LogP contribution in [-0.2, 0) is 19.6 Å². The maximum Gasteiger partial charge on any atom is 0.122 e. The summed E-state index contributed by atoms with van der Waals surface area (Å²) < 4.78 is 5.62.